The number of hydrogen-bond donors (Lipinski definition) is 3. The smallest absolute Gasteiger partial charge is 0.268 e. The lowest BCUT2D eigenvalue weighted by Crippen LogP contribution is -2.26. The van der Waals surface area contributed by atoms with E-state index in [9.17, 15) is 13.2 Å². The normalized spacial score (nSPS) is 11.7. The number of rotatable bonds is 5. The summed E-state index contributed by atoms with van der Waals surface area (Å²) in [6.45, 7) is 4.40. The van der Waals surface area contributed by atoms with Crippen molar-refractivity contribution in [2.75, 3.05) is 6.54 Å². The second kappa shape index (κ2) is 6.93. The van der Waals surface area contributed by atoms with E-state index >= 15 is 0 Å². The van der Waals surface area contributed by atoms with Gasteiger partial charge in [-0.1, -0.05) is 23.8 Å². The lowest BCUT2D eigenvalue weighted by atomic mass is 10.1. The van der Waals surface area contributed by atoms with E-state index in [-0.39, 0.29) is 10.8 Å². The van der Waals surface area contributed by atoms with Crippen molar-refractivity contribution < 1.29 is 13.2 Å². The molecule has 0 saturated carbocycles. The van der Waals surface area contributed by atoms with Gasteiger partial charge in [0.05, 0.1) is 4.90 Å². The molecule has 0 aliphatic rings. The van der Waals surface area contributed by atoms with Crippen molar-refractivity contribution >= 4 is 26.8 Å². The van der Waals surface area contributed by atoms with Crippen molar-refractivity contribution in [3.8, 4) is 0 Å². The monoisotopic (exact) mass is 371 g/mol. The number of hydrogen-bond acceptors (Lipinski definition) is 3. The molecule has 0 aliphatic carbocycles. The molecule has 1 amide bonds. The maximum atomic E-state index is 12.5. The van der Waals surface area contributed by atoms with Crippen molar-refractivity contribution in [2.45, 2.75) is 25.2 Å². The minimum absolute atomic E-state index is 0.0780. The number of amides is 1. The Morgan fingerprint density at radius 1 is 1.12 bits per heavy atom. The van der Waals surface area contributed by atoms with Gasteiger partial charge in [-0.25, -0.2) is 13.6 Å². The van der Waals surface area contributed by atoms with Gasteiger partial charge in [0.1, 0.15) is 5.69 Å². The molecule has 0 radical (unpaired) electrons. The van der Waals surface area contributed by atoms with Crippen LogP contribution in [0, 0.1) is 13.8 Å². The van der Waals surface area contributed by atoms with Crippen LogP contribution in [-0.4, -0.2) is 25.9 Å². The fourth-order valence-corrected chi connectivity index (χ4v) is 3.44. The summed E-state index contributed by atoms with van der Waals surface area (Å²) in [5, 5.41) is 9.02. The van der Waals surface area contributed by atoms with Gasteiger partial charge in [0.15, 0.2) is 0 Å². The molecule has 0 aliphatic heterocycles. The second-order valence-corrected chi connectivity index (χ2v) is 7.93. The molecule has 26 heavy (non-hydrogen) atoms. The summed E-state index contributed by atoms with van der Waals surface area (Å²) in [6.07, 6.45) is 0.592. The Morgan fingerprint density at radius 2 is 1.81 bits per heavy atom. The summed E-state index contributed by atoms with van der Waals surface area (Å²) in [4.78, 5) is 15.7. The summed E-state index contributed by atoms with van der Waals surface area (Å²) in [6, 6.07) is 12.4. The topological polar surface area (TPSA) is 105 Å². The number of benzene rings is 2. The molecule has 0 unspecified atom stereocenters. The first kappa shape index (κ1) is 18.2. The van der Waals surface area contributed by atoms with Gasteiger partial charge in [-0.2, -0.15) is 0 Å². The SMILES string of the molecule is Cc1ccc2[nH]c(C(=O)NCCc3ccc(S(N)(=O)=O)cc3)c(C)c2c1. The summed E-state index contributed by atoms with van der Waals surface area (Å²) in [5.41, 5.74) is 4.50. The van der Waals surface area contributed by atoms with Crippen LogP contribution in [0.5, 0.6) is 0 Å². The van der Waals surface area contributed by atoms with Crippen molar-refractivity contribution in [1.29, 1.82) is 0 Å². The number of sulfonamides is 1. The number of primary sulfonamides is 1. The van der Waals surface area contributed by atoms with Crippen LogP contribution >= 0.6 is 0 Å². The predicted molar refractivity (Wildman–Crippen MR) is 102 cm³/mol. The van der Waals surface area contributed by atoms with Gasteiger partial charge < -0.3 is 10.3 Å². The van der Waals surface area contributed by atoms with E-state index in [1.807, 2.05) is 26.0 Å². The molecule has 136 valence electrons. The first-order valence-electron chi connectivity index (χ1n) is 8.24. The van der Waals surface area contributed by atoms with E-state index < -0.39 is 10.0 Å². The predicted octanol–water partition coefficient (Wildman–Crippen LogP) is 2.40. The van der Waals surface area contributed by atoms with Crippen LogP contribution < -0.4 is 10.5 Å². The van der Waals surface area contributed by atoms with Crippen molar-refractivity contribution in [3.05, 3.63) is 64.8 Å². The maximum absolute atomic E-state index is 12.5. The van der Waals surface area contributed by atoms with Crippen LogP contribution in [-0.2, 0) is 16.4 Å². The molecule has 1 aromatic heterocycles. The first-order chi connectivity index (χ1) is 12.3. The summed E-state index contributed by atoms with van der Waals surface area (Å²) in [5.74, 6) is -0.155. The van der Waals surface area contributed by atoms with Crippen LogP contribution in [0.25, 0.3) is 10.9 Å². The first-order valence-corrected chi connectivity index (χ1v) is 9.79. The summed E-state index contributed by atoms with van der Waals surface area (Å²) < 4.78 is 22.5. The van der Waals surface area contributed by atoms with E-state index in [0.717, 1.165) is 27.6 Å². The fraction of sp³-hybridized carbons (Fsp3) is 0.211. The van der Waals surface area contributed by atoms with Gasteiger partial charge >= 0.3 is 0 Å². The zero-order chi connectivity index (χ0) is 18.9. The molecule has 0 fully saturated rings. The molecule has 6 nitrogen and oxygen atoms in total. The summed E-state index contributed by atoms with van der Waals surface area (Å²) in [7, 11) is -3.68. The molecule has 3 aromatic rings. The lowest BCUT2D eigenvalue weighted by molar-refractivity contribution is 0.0949. The molecule has 7 heteroatoms. The number of nitrogens with two attached hydrogens (primary N) is 1. The fourth-order valence-electron chi connectivity index (χ4n) is 2.92. The van der Waals surface area contributed by atoms with Crippen LogP contribution in [0.4, 0.5) is 0 Å². The van der Waals surface area contributed by atoms with E-state index in [2.05, 4.69) is 16.4 Å². The number of fused-ring (bicyclic) bond motifs is 1. The van der Waals surface area contributed by atoms with Crippen molar-refractivity contribution in [2.24, 2.45) is 5.14 Å². The van der Waals surface area contributed by atoms with Gasteiger partial charge in [-0.05, 0) is 55.7 Å². The molecule has 0 saturated heterocycles. The lowest BCUT2D eigenvalue weighted by Gasteiger charge is -2.06. The third kappa shape index (κ3) is 3.79. The second-order valence-electron chi connectivity index (χ2n) is 6.37. The molecule has 0 atom stereocenters. The molecule has 4 N–H and O–H groups in total. The number of aryl methyl sites for hydroxylation is 2. The van der Waals surface area contributed by atoms with Gasteiger partial charge in [0, 0.05) is 17.4 Å². The molecule has 3 rings (SSSR count). The zero-order valence-corrected chi connectivity index (χ0v) is 15.5. The Bertz CT molecular complexity index is 1070. The molecule has 0 spiro atoms. The Kier molecular flexibility index (Phi) is 4.84. The van der Waals surface area contributed by atoms with Crippen molar-refractivity contribution in [3.63, 3.8) is 0 Å². The van der Waals surface area contributed by atoms with E-state index in [4.69, 9.17) is 5.14 Å². The standard InChI is InChI=1S/C19H21N3O3S/c1-12-3-8-17-16(11-12)13(2)18(22-17)19(23)21-10-9-14-4-6-15(7-5-14)26(20,24)25/h3-8,11,22H,9-10H2,1-2H3,(H,21,23)(H2,20,24,25). The van der Waals surface area contributed by atoms with Crippen LogP contribution in [0.15, 0.2) is 47.4 Å². The Hall–Kier alpha value is -2.64. The largest absolute Gasteiger partial charge is 0.350 e. The van der Waals surface area contributed by atoms with Gasteiger partial charge in [-0.3, -0.25) is 4.79 Å². The number of aromatic nitrogens is 1. The molecular weight excluding hydrogens is 350 g/mol. The zero-order valence-electron chi connectivity index (χ0n) is 14.7. The maximum Gasteiger partial charge on any atom is 0.268 e. The highest BCUT2D eigenvalue weighted by molar-refractivity contribution is 7.89. The highest BCUT2D eigenvalue weighted by Crippen LogP contribution is 2.22. The number of nitrogens with one attached hydrogen (secondary N) is 2. The van der Waals surface area contributed by atoms with Crippen molar-refractivity contribution in [1.82, 2.24) is 10.3 Å². The minimum Gasteiger partial charge on any atom is -0.350 e. The Morgan fingerprint density at radius 3 is 2.46 bits per heavy atom. The number of carbonyl (C=O) groups excluding carboxylic acids is 1. The minimum atomic E-state index is -3.68. The molecular formula is C19H21N3O3S. The van der Waals surface area contributed by atoms with E-state index in [1.54, 1.807) is 12.1 Å². The third-order valence-electron chi connectivity index (χ3n) is 4.39. The quantitative estimate of drug-likeness (QED) is 0.641. The van der Waals surface area contributed by atoms with Crippen LogP contribution in [0.3, 0.4) is 0 Å². The number of carbonyl (C=O) groups is 1. The highest BCUT2D eigenvalue weighted by Gasteiger charge is 2.14. The highest BCUT2D eigenvalue weighted by atomic mass is 32.2. The summed E-state index contributed by atoms with van der Waals surface area (Å²) >= 11 is 0. The van der Waals surface area contributed by atoms with Crippen LogP contribution in [0.2, 0.25) is 0 Å². The van der Waals surface area contributed by atoms with Gasteiger partial charge in [-0.15, -0.1) is 0 Å². The molecule has 1 heterocycles. The Labute approximate surface area is 152 Å². The number of aromatic amines is 1. The molecule has 2 aromatic carbocycles. The van der Waals surface area contributed by atoms with Crippen LogP contribution in [0.1, 0.15) is 27.2 Å². The van der Waals surface area contributed by atoms with E-state index in [1.165, 1.54) is 12.1 Å². The van der Waals surface area contributed by atoms with Gasteiger partial charge in [0.25, 0.3) is 5.91 Å². The number of H-pyrrole nitrogens is 1. The van der Waals surface area contributed by atoms with Gasteiger partial charge in [0.2, 0.25) is 10.0 Å². The average Bonchev–Trinajstić information content (AvgIpc) is 2.91. The van der Waals surface area contributed by atoms with E-state index in [0.29, 0.717) is 18.7 Å². The molecule has 0 bridgehead atoms. The average molecular weight is 371 g/mol. The third-order valence-corrected chi connectivity index (χ3v) is 5.32. The Balaban J connectivity index is 1.65.